The molecule has 0 bridgehead atoms. The third-order valence-corrected chi connectivity index (χ3v) is 4.63. The van der Waals surface area contributed by atoms with Crippen molar-refractivity contribution in [1.29, 1.82) is 0 Å². The first-order chi connectivity index (χ1) is 8.80. The Bertz CT molecular complexity index is 369. The summed E-state index contributed by atoms with van der Waals surface area (Å²) in [5, 5.41) is 9.81. The molecule has 0 aliphatic carbocycles. The van der Waals surface area contributed by atoms with E-state index in [0.717, 1.165) is 0 Å². The van der Waals surface area contributed by atoms with Crippen molar-refractivity contribution in [2.75, 3.05) is 0 Å². The van der Waals surface area contributed by atoms with Crippen molar-refractivity contribution in [3.8, 4) is 0 Å². The third kappa shape index (κ3) is 4.15. The number of hydrogen-bond acceptors (Lipinski definition) is 3. The van der Waals surface area contributed by atoms with Gasteiger partial charge in [-0.25, -0.2) is 4.79 Å². The molecular weight excluding hydrogens is 272 g/mol. The Morgan fingerprint density at radius 1 is 1.10 bits per heavy atom. The van der Waals surface area contributed by atoms with Gasteiger partial charge in [0.25, 0.3) is 0 Å². The number of carboxylic acids is 1. The first kappa shape index (κ1) is 19.3. The molecular formula is C15H30O4Si. The maximum absolute atomic E-state index is 12.1. The van der Waals surface area contributed by atoms with Gasteiger partial charge in [-0.05, 0) is 19.5 Å². The molecule has 0 aromatic heterocycles. The molecule has 4 nitrogen and oxygen atoms in total. The topological polar surface area (TPSA) is 63.6 Å². The molecule has 0 radical (unpaired) electrons. The Kier molecular flexibility index (Phi) is 6.17. The summed E-state index contributed by atoms with van der Waals surface area (Å²) in [5.41, 5.74) is -2.60. The third-order valence-electron chi connectivity index (χ3n) is 3.76. The van der Waals surface area contributed by atoms with Crippen LogP contribution in [0.3, 0.4) is 0 Å². The van der Waals surface area contributed by atoms with Crippen LogP contribution in [0, 0.1) is 10.8 Å². The number of ketones is 1. The molecule has 0 saturated heterocycles. The second-order valence-electron chi connectivity index (χ2n) is 7.39. The molecule has 1 unspecified atom stereocenters. The predicted octanol–water partition coefficient (Wildman–Crippen LogP) is 3.25. The van der Waals surface area contributed by atoms with E-state index in [1.54, 1.807) is 0 Å². The highest BCUT2D eigenvalue weighted by Crippen LogP contribution is 2.44. The molecule has 0 rings (SSSR count). The minimum atomic E-state index is -1.57. The molecule has 1 atom stereocenters. The number of rotatable bonds is 7. The van der Waals surface area contributed by atoms with Gasteiger partial charge in [-0.3, -0.25) is 4.79 Å². The van der Waals surface area contributed by atoms with Crippen molar-refractivity contribution in [3.63, 3.8) is 0 Å². The Labute approximate surface area is 124 Å². The Balaban J connectivity index is 5.76. The maximum atomic E-state index is 12.1. The van der Waals surface area contributed by atoms with Gasteiger partial charge in [-0.1, -0.05) is 41.5 Å². The quantitative estimate of drug-likeness (QED) is 0.733. The molecule has 0 amide bonds. The summed E-state index contributed by atoms with van der Waals surface area (Å²) in [4.78, 5) is 24.1. The average Bonchev–Trinajstić information content (AvgIpc) is 2.23. The number of carbonyl (C=O) groups excluding carboxylic acids is 1. The summed E-state index contributed by atoms with van der Waals surface area (Å²) in [6.07, 6.45) is 0.614. The van der Waals surface area contributed by atoms with Crippen LogP contribution in [-0.4, -0.2) is 31.5 Å². The van der Waals surface area contributed by atoms with E-state index in [-0.39, 0.29) is 12.2 Å². The fourth-order valence-corrected chi connectivity index (χ4v) is 3.87. The van der Waals surface area contributed by atoms with Crippen LogP contribution in [-0.2, 0) is 14.0 Å². The van der Waals surface area contributed by atoms with E-state index < -0.39 is 31.4 Å². The van der Waals surface area contributed by atoms with E-state index in [0.29, 0.717) is 6.42 Å². The zero-order valence-corrected chi connectivity index (χ0v) is 15.3. The monoisotopic (exact) mass is 302 g/mol. The van der Waals surface area contributed by atoms with Crippen LogP contribution in [0.25, 0.3) is 0 Å². The minimum absolute atomic E-state index is 0.0707. The fourth-order valence-electron chi connectivity index (χ4n) is 2.53. The zero-order chi connectivity index (χ0) is 16.4. The summed E-state index contributed by atoms with van der Waals surface area (Å²) < 4.78 is 5.98. The van der Waals surface area contributed by atoms with Crippen LogP contribution in [0.4, 0.5) is 0 Å². The van der Waals surface area contributed by atoms with Crippen molar-refractivity contribution in [2.45, 2.75) is 73.1 Å². The highest BCUT2D eigenvalue weighted by atomic mass is 28.3. The van der Waals surface area contributed by atoms with Crippen molar-refractivity contribution >= 4 is 20.8 Å². The van der Waals surface area contributed by atoms with Gasteiger partial charge in [-0.15, -0.1) is 0 Å². The van der Waals surface area contributed by atoms with Crippen LogP contribution in [0.15, 0.2) is 0 Å². The Hall–Kier alpha value is -0.683. The molecule has 0 aromatic rings. The van der Waals surface area contributed by atoms with Gasteiger partial charge < -0.3 is 9.53 Å². The summed E-state index contributed by atoms with van der Waals surface area (Å²) in [6, 6.07) is 0. The summed E-state index contributed by atoms with van der Waals surface area (Å²) in [7, 11) is -1.57. The lowest BCUT2D eigenvalue weighted by molar-refractivity contribution is -0.173. The van der Waals surface area contributed by atoms with E-state index in [4.69, 9.17) is 4.43 Å². The number of hydrogen-bond donors (Lipinski definition) is 1. The van der Waals surface area contributed by atoms with E-state index in [2.05, 4.69) is 0 Å². The Morgan fingerprint density at radius 2 is 1.55 bits per heavy atom. The van der Waals surface area contributed by atoms with Crippen LogP contribution in [0.2, 0.25) is 13.1 Å². The largest absolute Gasteiger partial charge is 0.479 e. The highest BCUT2D eigenvalue weighted by Gasteiger charge is 2.54. The summed E-state index contributed by atoms with van der Waals surface area (Å²) in [6.45, 7) is 14.9. The van der Waals surface area contributed by atoms with Crippen LogP contribution < -0.4 is 0 Å². The molecule has 0 saturated carbocycles. The maximum Gasteiger partial charge on any atom is 0.335 e. The molecule has 0 fully saturated rings. The van der Waals surface area contributed by atoms with E-state index in [1.165, 1.54) is 0 Å². The molecule has 20 heavy (non-hydrogen) atoms. The SMILES string of the molecule is CCC(=O)C(C)(C)CC(O[SiH](C)C)(C(=O)O)C(C)(C)C. The molecule has 1 N–H and O–H groups in total. The molecule has 5 heteroatoms. The lowest BCUT2D eigenvalue weighted by Gasteiger charge is -2.46. The summed E-state index contributed by atoms with van der Waals surface area (Å²) in [5.74, 6) is -0.899. The van der Waals surface area contributed by atoms with Gasteiger partial charge in [-0.2, -0.15) is 0 Å². The van der Waals surface area contributed by atoms with Crippen molar-refractivity contribution in [1.82, 2.24) is 0 Å². The number of carboxylic acid groups (broad SMARTS) is 1. The Morgan fingerprint density at radius 3 is 1.80 bits per heavy atom. The molecule has 118 valence electrons. The van der Waals surface area contributed by atoms with E-state index in [9.17, 15) is 14.7 Å². The predicted molar refractivity (Wildman–Crippen MR) is 83.5 cm³/mol. The lowest BCUT2D eigenvalue weighted by Crippen LogP contribution is -2.57. The van der Waals surface area contributed by atoms with Gasteiger partial charge in [0, 0.05) is 17.3 Å². The summed E-state index contributed by atoms with van der Waals surface area (Å²) >= 11 is 0. The smallest absolute Gasteiger partial charge is 0.335 e. The lowest BCUT2D eigenvalue weighted by atomic mass is 9.66. The number of carbonyl (C=O) groups is 2. The molecule has 0 aromatic carbocycles. The normalized spacial score (nSPS) is 16.1. The van der Waals surface area contributed by atoms with Gasteiger partial charge >= 0.3 is 5.97 Å². The molecule has 0 aliphatic rings. The molecule has 0 aliphatic heterocycles. The zero-order valence-electron chi connectivity index (χ0n) is 14.2. The van der Waals surface area contributed by atoms with Crippen LogP contribution in [0.5, 0.6) is 0 Å². The number of aliphatic carboxylic acids is 1. The van der Waals surface area contributed by atoms with E-state index >= 15 is 0 Å². The first-order valence-corrected chi connectivity index (χ1v) is 10.0. The fraction of sp³-hybridized carbons (Fsp3) is 0.867. The molecule has 0 heterocycles. The second kappa shape index (κ2) is 6.39. The van der Waals surface area contributed by atoms with Gasteiger partial charge in [0.1, 0.15) is 5.78 Å². The molecule has 0 spiro atoms. The van der Waals surface area contributed by atoms with E-state index in [1.807, 2.05) is 54.6 Å². The van der Waals surface area contributed by atoms with Crippen molar-refractivity contribution in [2.24, 2.45) is 10.8 Å². The average molecular weight is 302 g/mol. The first-order valence-electron chi connectivity index (χ1n) is 7.24. The van der Waals surface area contributed by atoms with Gasteiger partial charge in [0.2, 0.25) is 0 Å². The second-order valence-corrected chi connectivity index (χ2v) is 9.72. The van der Waals surface area contributed by atoms with Crippen LogP contribution in [0.1, 0.15) is 54.4 Å². The minimum Gasteiger partial charge on any atom is -0.479 e. The highest BCUT2D eigenvalue weighted by molar-refractivity contribution is 6.48. The standard InChI is InChI=1S/C15H30O4Si/c1-9-11(16)14(5,6)10-15(12(17)18,13(2,3)4)19-20(7)8/h20H,9-10H2,1-8H3,(H,17,18). The van der Waals surface area contributed by atoms with Crippen LogP contribution >= 0.6 is 0 Å². The number of Topliss-reactive ketones (excluding diaryl/α,β-unsaturated/α-hetero) is 1. The van der Waals surface area contributed by atoms with Crippen molar-refractivity contribution < 1.29 is 19.1 Å². The van der Waals surface area contributed by atoms with Gasteiger partial charge in [0.05, 0.1) is 0 Å². The van der Waals surface area contributed by atoms with Crippen molar-refractivity contribution in [3.05, 3.63) is 0 Å². The van der Waals surface area contributed by atoms with Gasteiger partial charge in [0.15, 0.2) is 14.6 Å².